The summed E-state index contributed by atoms with van der Waals surface area (Å²) in [5.41, 5.74) is -0.702. The predicted octanol–water partition coefficient (Wildman–Crippen LogP) is 0.906. The zero-order chi connectivity index (χ0) is 14.1. The minimum absolute atomic E-state index is 0.0888. The van der Waals surface area contributed by atoms with E-state index in [0.29, 0.717) is 12.8 Å². The summed E-state index contributed by atoms with van der Waals surface area (Å²) in [5, 5.41) is 12.1. The van der Waals surface area contributed by atoms with Crippen LogP contribution < -0.4 is 4.72 Å². The molecule has 0 bridgehead atoms. The number of hydrogen-bond donors (Lipinski definition) is 2. The van der Waals surface area contributed by atoms with Gasteiger partial charge in [0, 0.05) is 19.0 Å². The van der Waals surface area contributed by atoms with E-state index in [1.807, 2.05) is 0 Å². The Morgan fingerprint density at radius 2 is 2.32 bits per heavy atom. The topological polar surface area (TPSA) is 92.7 Å². The molecule has 1 aliphatic carbocycles. The second kappa shape index (κ2) is 5.20. The van der Waals surface area contributed by atoms with Crippen LogP contribution in [0.2, 0.25) is 0 Å². The van der Waals surface area contributed by atoms with Crippen LogP contribution in [0.25, 0.3) is 0 Å². The van der Waals surface area contributed by atoms with Crippen molar-refractivity contribution in [2.75, 3.05) is 13.7 Å². The van der Waals surface area contributed by atoms with E-state index in [1.54, 1.807) is 10.8 Å². The molecule has 1 aromatic rings. The summed E-state index contributed by atoms with van der Waals surface area (Å²) >= 11 is 1.30. The van der Waals surface area contributed by atoms with E-state index in [2.05, 4.69) is 4.72 Å². The van der Waals surface area contributed by atoms with Crippen LogP contribution in [0.4, 0.5) is 0 Å². The Balaban J connectivity index is 1.97. The van der Waals surface area contributed by atoms with Crippen molar-refractivity contribution in [3.8, 4) is 0 Å². The average molecular weight is 305 g/mol. The van der Waals surface area contributed by atoms with Gasteiger partial charge in [-0.2, -0.15) is 11.3 Å². The summed E-state index contributed by atoms with van der Waals surface area (Å²) < 4.78 is 31.6. The van der Waals surface area contributed by atoms with Crippen molar-refractivity contribution in [3.05, 3.63) is 16.8 Å². The van der Waals surface area contributed by atoms with Crippen molar-refractivity contribution >= 4 is 27.3 Å². The fourth-order valence-corrected chi connectivity index (χ4v) is 4.25. The highest BCUT2D eigenvalue weighted by Crippen LogP contribution is 2.40. The van der Waals surface area contributed by atoms with Gasteiger partial charge in [0.2, 0.25) is 10.0 Å². The van der Waals surface area contributed by atoms with Crippen LogP contribution in [0.15, 0.2) is 21.7 Å². The first kappa shape index (κ1) is 14.4. The van der Waals surface area contributed by atoms with Gasteiger partial charge in [-0.15, -0.1) is 0 Å². The van der Waals surface area contributed by atoms with Gasteiger partial charge in [0.25, 0.3) is 0 Å². The van der Waals surface area contributed by atoms with E-state index >= 15 is 0 Å². The standard InChI is InChI=1S/C11H15NO5S2/c1-17-11(4-8(5-11)10(13)14)7-12-19(15,16)9-2-3-18-6-9/h2-3,6,8,12H,4-5,7H2,1H3,(H,13,14). The van der Waals surface area contributed by atoms with Gasteiger partial charge in [0.1, 0.15) is 0 Å². The van der Waals surface area contributed by atoms with Crippen molar-refractivity contribution in [2.24, 2.45) is 5.92 Å². The molecule has 8 heteroatoms. The molecule has 0 spiro atoms. The molecule has 1 fully saturated rings. The Bertz CT molecular complexity index is 546. The van der Waals surface area contributed by atoms with E-state index in [1.165, 1.54) is 24.5 Å². The monoisotopic (exact) mass is 305 g/mol. The lowest BCUT2D eigenvalue weighted by Gasteiger charge is -2.44. The smallest absolute Gasteiger partial charge is 0.306 e. The van der Waals surface area contributed by atoms with Crippen LogP contribution in [0.1, 0.15) is 12.8 Å². The van der Waals surface area contributed by atoms with E-state index in [4.69, 9.17) is 9.84 Å². The van der Waals surface area contributed by atoms with Crippen molar-refractivity contribution < 1.29 is 23.1 Å². The first-order chi connectivity index (χ1) is 8.88. The molecule has 0 aliphatic heterocycles. The van der Waals surface area contributed by atoms with Crippen LogP contribution in [0, 0.1) is 5.92 Å². The molecule has 2 rings (SSSR count). The van der Waals surface area contributed by atoms with Crippen LogP contribution in [-0.4, -0.2) is 38.7 Å². The molecule has 106 valence electrons. The third-order valence-corrected chi connectivity index (χ3v) is 5.64. The molecule has 1 saturated carbocycles. The normalized spacial score (nSPS) is 26.9. The number of ether oxygens (including phenoxy) is 1. The largest absolute Gasteiger partial charge is 0.481 e. The fraction of sp³-hybridized carbons (Fsp3) is 0.545. The summed E-state index contributed by atoms with van der Waals surface area (Å²) in [6, 6.07) is 1.52. The third-order valence-electron chi connectivity index (χ3n) is 3.41. The molecule has 1 aromatic heterocycles. The SMILES string of the molecule is COC1(CNS(=O)(=O)c2ccsc2)CC(C(=O)O)C1. The van der Waals surface area contributed by atoms with Gasteiger partial charge >= 0.3 is 5.97 Å². The Hall–Kier alpha value is -0.960. The molecular formula is C11H15NO5S2. The Labute approximate surface area is 115 Å². The molecule has 0 atom stereocenters. The molecule has 0 saturated heterocycles. The molecule has 0 aromatic carbocycles. The Morgan fingerprint density at radius 1 is 1.63 bits per heavy atom. The molecule has 6 nitrogen and oxygen atoms in total. The number of methoxy groups -OCH3 is 1. The van der Waals surface area contributed by atoms with E-state index in [9.17, 15) is 13.2 Å². The number of carboxylic acids is 1. The maximum absolute atomic E-state index is 11.9. The second-order valence-corrected chi connectivity index (χ2v) is 7.16. The van der Waals surface area contributed by atoms with Crippen molar-refractivity contribution in [3.63, 3.8) is 0 Å². The van der Waals surface area contributed by atoms with Crippen LogP contribution in [-0.2, 0) is 19.6 Å². The van der Waals surface area contributed by atoms with Crippen molar-refractivity contribution in [2.45, 2.75) is 23.3 Å². The lowest BCUT2D eigenvalue weighted by molar-refractivity contribution is -0.161. The molecule has 0 unspecified atom stereocenters. The summed E-state index contributed by atoms with van der Waals surface area (Å²) in [7, 11) is -2.07. The Kier molecular flexibility index (Phi) is 3.95. The quantitative estimate of drug-likeness (QED) is 0.815. The lowest BCUT2D eigenvalue weighted by atomic mass is 9.71. The van der Waals surface area contributed by atoms with Crippen molar-refractivity contribution in [1.29, 1.82) is 0 Å². The molecular weight excluding hydrogens is 290 g/mol. The molecule has 0 radical (unpaired) electrons. The summed E-state index contributed by atoms with van der Waals surface area (Å²) in [5.74, 6) is -1.32. The number of sulfonamides is 1. The molecule has 1 aliphatic rings. The van der Waals surface area contributed by atoms with E-state index in [-0.39, 0.29) is 11.4 Å². The zero-order valence-electron chi connectivity index (χ0n) is 10.3. The molecule has 0 amide bonds. The number of rotatable bonds is 6. The maximum Gasteiger partial charge on any atom is 0.306 e. The highest BCUT2D eigenvalue weighted by atomic mass is 32.2. The summed E-state index contributed by atoms with van der Waals surface area (Å²) in [4.78, 5) is 11.0. The number of carbonyl (C=O) groups is 1. The number of aliphatic carboxylic acids is 1. The Morgan fingerprint density at radius 3 is 2.79 bits per heavy atom. The number of nitrogens with one attached hydrogen (secondary N) is 1. The van der Waals surface area contributed by atoms with Gasteiger partial charge in [-0.05, 0) is 24.3 Å². The van der Waals surface area contributed by atoms with Gasteiger partial charge in [-0.3, -0.25) is 4.79 Å². The minimum Gasteiger partial charge on any atom is -0.481 e. The lowest BCUT2D eigenvalue weighted by Crippen LogP contribution is -2.55. The van der Waals surface area contributed by atoms with Crippen molar-refractivity contribution in [1.82, 2.24) is 4.72 Å². The van der Waals surface area contributed by atoms with Gasteiger partial charge in [0.15, 0.2) is 0 Å². The van der Waals surface area contributed by atoms with Gasteiger partial charge < -0.3 is 9.84 Å². The molecule has 1 heterocycles. The van der Waals surface area contributed by atoms with E-state index in [0.717, 1.165) is 0 Å². The first-order valence-electron chi connectivity index (χ1n) is 5.68. The third kappa shape index (κ3) is 2.97. The summed E-state index contributed by atoms with van der Waals surface area (Å²) in [6.45, 7) is 0.0888. The fourth-order valence-electron chi connectivity index (χ4n) is 2.11. The van der Waals surface area contributed by atoms with Gasteiger partial charge in [-0.25, -0.2) is 13.1 Å². The van der Waals surface area contributed by atoms with E-state index < -0.39 is 27.5 Å². The van der Waals surface area contributed by atoms with Crippen LogP contribution in [0.3, 0.4) is 0 Å². The zero-order valence-corrected chi connectivity index (χ0v) is 12.0. The molecule has 19 heavy (non-hydrogen) atoms. The highest BCUT2D eigenvalue weighted by Gasteiger charge is 2.48. The van der Waals surface area contributed by atoms with Crippen LogP contribution >= 0.6 is 11.3 Å². The number of thiophene rings is 1. The maximum atomic E-state index is 11.9. The summed E-state index contributed by atoms with van der Waals surface area (Å²) in [6.07, 6.45) is 0.649. The van der Waals surface area contributed by atoms with Gasteiger partial charge in [0.05, 0.1) is 16.4 Å². The minimum atomic E-state index is -3.54. The number of carboxylic acid groups (broad SMARTS) is 1. The first-order valence-corrected chi connectivity index (χ1v) is 8.11. The number of hydrogen-bond acceptors (Lipinski definition) is 5. The van der Waals surface area contributed by atoms with Crippen LogP contribution in [0.5, 0.6) is 0 Å². The van der Waals surface area contributed by atoms with Gasteiger partial charge in [-0.1, -0.05) is 0 Å². The second-order valence-electron chi connectivity index (χ2n) is 4.61. The average Bonchev–Trinajstić information content (AvgIpc) is 2.81. The molecule has 2 N–H and O–H groups in total. The predicted molar refractivity (Wildman–Crippen MR) is 69.6 cm³/mol. The highest BCUT2D eigenvalue weighted by molar-refractivity contribution is 7.89.